The molecule has 0 aromatic carbocycles. The molecule has 0 unspecified atom stereocenters. The Balaban J connectivity index is 2.67. The average Bonchev–Trinajstić information content (AvgIpc) is 2.26. The van der Waals surface area contributed by atoms with Gasteiger partial charge in [-0.1, -0.05) is 19.3 Å². The zero-order chi connectivity index (χ0) is 10.4. The maximum atomic E-state index is 11.7. The van der Waals surface area contributed by atoms with Crippen LogP contribution in [0.15, 0.2) is 0 Å². The normalized spacial score (nSPS) is 19.7. The molecule has 1 fully saturated rings. The summed E-state index contributed by atoms with van der Waals surface area (Å²) in [5.74, 6) is -0.118. The molecule has 0 spiro atoms. The van der Waals surface area contributed by atoms with E-state index < -0.39 is 0 Å². The monoisotopic (exact) mass is 195 g/mol. The minimum atomic E-state index is -0.345. The predicted molar refractivity (Wildman–Crippen MR) is 52.4 cm³/mol. The van der Waals surface area contributed by atoms with Crippen molar-refractivity contribution in [1.82, 2.24) is 0 Å². The Kier molecular flexibility index (Phi) is 3.94. The molecule has 1 aliphatic carbocycles. The molecule has 0 heterocycles. The molecule has 1 rings (SSSR count). The highest BCUT2D eigenvalue weighted by Gasteiger charge is 2.39. The number of rotatable bonds is 3. The van der Waals surface area contributed by atoms with Gasteiger partial charge >= 0.3 is 5.97 Å². The van der Waals surface area contributed by atoms with E-state index in [9.17, 15) is 4.79 Å². The van der Waals surface area contributed by atoms with Gasteiger partial charge in [0.25, 0.3) is 0 Å². The second-order valence-corrected chi connectivity index (χ2v) is 3.99. The molecule has 1 saturated carbocycles. The largest absolute Gasteiger partial charge is 0.469 e. The van der Waals surface area contributed by atoms with Gasteiger partial charge in [-0.05, 0) is 19.3 Å². The summed E-state index contributed by atoms with van der Waals surface area (Å²) in [6.45, 7) is 0. The summed E-state index contributed by atoms with van der Waals surface area (Å²) < 4.78 is 4.84. The van der Waals surface area contributed by atoms with Gasteiger partial charge < -0.3 is 4.74 Å². The smallest absolute Gasteiger partial charge is 0.311 e. The lowest BCUT2D eigenvalue weighted by atomic mass is 9.71. The summed E-state index contributed by atoms with van der Waals surface area (Å²) in [7, 11) is 1.44. The number of ether oxygens (including phenoxy) is 1. The Morgan fingerprint density at radius 2 is 2.07 bits per heavy atom. The Labute approximate surface area is 85.1 Å². The van der Waals surface area contributed by atoms with Crippen LogP contribution in [-0.4, -0.2) is 13.1 Å². The van der Waals surface area contributed by atoms with Gasteiger partial charge in [0.15, 0.2) is 0 Å². The van der Waals surface area contributed by atoms with Gasteiger partial charge in [0.05, 0.1) is 18.6 Å². The molecule has 0 atom stereocenters. The summed E-state index contributed by atoms with van der Waals surface area (Å²) in [6, 6.07) is 2.11. The molecular weight excluding hydrogens is 178 g/mol. The highest BCUT2D eigenvalue weighted by Crippen LogP contribution is 2.41. The van der Waals surface area contributed by atoms with Crippen LogP contribution in [0.5, 0.6) is 0 Å². The molecule has 3 heteroatoms. The van der Waals surface area contributed by atoms with Crippen LogP contribution < -0.4 is 0 Å². The standard InChI is InChI=1S/C11H17NO2/c1-14-10(13)11(8-5-9-12)6-3-2-4-7-11/h2-8H2,1H3. The number of methoxy groups -OCH3 is 1. The third-order valence-electron chi connectivity index (χ3n) is 3.14. The lowest BCUT2D eigenvalue weighted by Crippen LogP contribution is -2.34. The number of carbonyl (C=O) groups is 1. The van der Waals surface area contributed by atoms with Crippen LogP contribution in [0.25, 0.3) is 0 Å². The fraction of sp³-hybridized carbons (Fsp3) is 0.818. The predicted octanol–water partition coefficient (Wildman–Crippen LogP) is 2.41. The first-order valence-corrected chi connectivity index (χ1v) is 5.20. The molecule has 3 nitrogen and oxygen atoms in total. The number of nitrogens with zero attached hydrogens (tertiary/aromatic N) is 1. The zero-order valence-corrected chi connectivity index (χ0v) is 8.71. The number of esters is 1. The van der Waals surface area contributed by atoms with Crippen LogP contribution in [0.2, 0.25) is 0 Å². The van der Waals surface area contributed by atoms with Gasteiger partial charge in [-0.25, -0.2) is 0 Å². The van der Waals surface area contributed by atoms with E-state index in [4.69, 9.17) is 10.00 Å². The van der Waals surface area contributed by atoms with Crippen molar-refractivity contribution >= 4 is 5.97 Å². The van der Waals surface area contributed by atoms with Crippen molar-refractivity contribution in [3.63, 3.8) is 0 Å². The summed E-state index contributed by atoms with van der Waals surface area (Å²) >= 11 is 0. The minimum absolute atomic E-state index is 0.118. The highest BCUT2D eigenvalue weighted by atomic mass is 16.5. The van der Waals surface area contributed by atoms with Crippen LogP contribution in [0.4, 0.5) is 0 Å². The topological polar surface area (TPSA) is 50.1 Å². The van der Waals surface area contributed by atoms with E-state index in [0.717, 1.165) is 25.7 Å². The third kappa shape index (κ3) is 2.25. The van der Waals surface area contributed by atoms with E-state index in [1.165, 1.54) is 13.5 Å². The van der Waals surface area contributed by atoms with Crippen LogP contribution in [0.3, 0.4) is 0 Å². The molecule has 14 heavy (non-hydrogen) atoms. The molecule has 0 saturated heterocycles. The molecule has 0 radical (unpaired) electrons. The van der Waals surface area contributed by atoms with Crippen LogP contribution in [0.1, 0.15) is 44.9 Å². The highest BCUT2D eigenvalue weighted by molar-refractivity contribution is 5.76. The van der Waals surface area contributed by atoms with Crippen molar-refractivity contribution < 1.29 is 9.53 Å². The first-order valence-electron chi connectivity index (χ1n) is 5.20. The molecule has 0 N–H and O–H groups in total. The first kappa shape index (κ1) is 11.0. The van der Waals surface area contributed by atoms with E-state index in [1.54, 1.807) is 0 Å². The van der Waals surface area contributed by atoms with E-state index in [0.29, 0.717) is 12.8 Å². The molecule has 78 valence electrons. The average molecular weight is 195 g/mol. The maximum Gasteiger partial charge on any atom is 0.311 e. The van der Waals surface area contributed by atoms with E-state index in [1.807, 2.05) is 0 Å². The van der Waals surface area contributed by atoms with E-state index in [-0.39, 0.29) is 11.4 Å². The van der Waals surface area contributed by atoms with Gasteiger partial charge in [-0.3, -0.25) is 4.79 Å². The summed E-state index contributed by atoms with van der Waals surface area (Å²) in [5.41, 5.74) is -0.345. The maximum absolute atomic E-state index is 11.7. The van der Waals surface area contributed by atoms with Gasteiger partial charge in [-0.2, -0.15) is 5.26 Å². The van der Waals surface area contributed by atoms with Gasteiger partial charge in [0, 0.05) is 6.42 Å². The Morgan fingerprint density at radius 3 is 2.57 bits per heavy atom. The fourth-order valence-electron chi connectivity index (χ4n) is 2.30. The Morgan fingerprint density at radius 1 is 1.43 bits per heavy atom. The summed E-state index contributed by atoms with van der Waals surface area (Å²) in [4.78, 5) is 11.7. The lowest BCUT2D eigenvalue weighted by molar-refractivity contribution is -0.155. The molecule has 0 aromatic rings. The molecule has 0 amide bonds. The number of hydrogen-bond acceptors (Lipinski definition) is 3. The van der Waals surface area contributed by atoms with E-state index >= 15 is 0 Å². The van der Waals surface area contributed by atoms with Crippen molar-refractivity contribution in [3.05, 3.63) is 0 Å². The Bertz CT molecular complexity index is 236. The van der Waals surface area contributed by atoms with Crippen LogP contribution in [0, 0.1) is 16.7 Å². The van der Waals surface area contributed by atoms with Crippen LogP contribution in [-0.2, 0) is 9.53 Å². The fourth-order valence-corrected chi connectivity index (χ4v) is 2.30. The summed E-state index contributed by atoms with van der Waals surface area (Å²) in [6.07, 6.45) is 6.26. The second-order valence-electron chi connectivity index (χ2n) is 3.99. The van der Waals surface area contributed by atoms with Crippen LogP contribution >= 0.6 is 0 Å². The first-order chi connectivity index (χ1) is 6.75. The van der Waals surface area contributed by atoms with Crippen molar-refractivity contribution in [2.75, 3.05) is 7.11 Å². The van der Waals surface area contributed by atoms with Gasteiger partial charge in [0.2, 0.25) is 0 Å². The Hall–Kier alpha value is -1.04. The SMILES string of the molecule is COC(=O)C1(CCC#N)CCCCC1. The molecule has 0 bridgehead atoms. The summed E-state index contributed by atoms with van der Waals surface area (Å²) in [5, 5.41) is 8.56. The van der Waals surface area contributed by atoms with Gasteiger partial charge in [-0.15, -0.1) is 0 Å². The van der Waals surface area contributed by atoms with Crippen molar-refractivity contribution in [2.45, 2.75) is 44.9 Å². The third-order valence-corrected chi connectivity index (χ3v) is 3.14. The second kappa shape index (κ2) is 4.99. The van der Waals surface area contributed by atoms with Crippen molar-refractivity contribution in [3.8, 4) is 6.07 Å². The van der Waals surface area contributed by atoms with Crippen molar-refractivity contribution in [2.24, 2.45) is 5.41 Å². The molecule has 0 aliphatic heterocycles. The molecule has 1 aliphatic rings. The minimum Gasteiger partial charge on any atom is -0.469 e. The quantitative estimate of drug-likeness (QED) is 0.650. The zero-order valence-electron chi connectivity index (χ0n) is 8.71. The number of hydrogen-bond donors (Lipinski definition) is 0. The van der Waals surface area contributed by atoms with E-state index in [2.05, 4.69) is 6.07 Å². The number of nitriles is 1. The molecular formula is C11H17NO2. The molecule has 0 aromatic heterocycles. The van der Waals surface area contributed by atoms with Gasteiger partial charge in [0.1, 0.15) is 0 Å². The number of carbonyl (C=O) groups excluding carboxylic acids is 1. The van der Waals surface area contributed by atoms with Crippen molar-refractivity contribution in [1.29, 1.82) is 5.26 Å². The lowest BCUT2D eigenvalue weighted by Gasteiger charge is -2.33.